The van der Waals surface area contributed by atoms with Crippen LogP contribution < -0.4 is 0 Å². The molecule has 4 rings (SSSR count). The summed E-state index contributed by atoms with van der Waals surface area (Å²) < 4.78 is 0. The van der Waals surface area contributed by atoms with Crippen LogP contribution in [0.5, 0.6) is 0 Å². The standard InChI is InChI=1S/C21H22ClN3O2/c1-24(13-17-7-2-3-9-23-17)20(27)18-12-21(18)8-10-25(14-21)19(26)15-5-4-6-16(22)11-15/h2-7,9,11,18H,8,10,12-14H2,1H3/t18-,21+/m0/s1. The highest BCUT2D eigenvalue weighted by molar-refractivity contribution is 6.30. The van der Waals surface area contributed by atoms with Gasteiger partial charge in [0, 0.05) is 48.3 Å². The zero-order valence-corrected chi connectivity index (χ0v) is 16.0. The molecule has 0 unspecified atom stereocenters. The number of amides is 2. The number of rotatable bonds is 4. The fraction of sp³-hybridized carbons (Fsp3) is 0.381. The number of benzene rings is 1. The number of carbonyl (C=O) groups excluding carboxylic acids is 2. The van der Waals surface area contributed by atoms with E-state index in [1.54, 1.807) is 35.4 Å². The van der Waals surface area contributed by atoms with Crippen LogP contribution in [0.3, 0.4) is 0 Å². The molecule has 1 saturated heterocycles. The van der Waals surface area contributed by atoms with E-state index in [1.165, 1.54) is 0 Å². The van der Waals surface area contributed by atoms with Gasteiger partial charge in [-0.2, -0.15) is 0 Å². The van der Waals surface area contributed by atoms with Gasteiger partial charge < -0.3 is 9.80 Å². The molecule has 2 heterocycles. The number of likely N-dealkylation sites (tertiary alicyclic amines) is 1. The van der Waals surface area contributed by atoms with Gasteiger partial charge in [0.2, 0.25) is 5.91 Å². The van der Waals surface area contributed by atoms with Gasteiger partial charge >= 0.3 is 0 Å². The van der Waals surface area contributed by atoms with Crippen molar-refractivity contribution in [2.75, 3.05) is 20.1 Å². The van der Waals surface area contributed by atoms with Gasteiger partial charge in [-0.3, -0.25) is 14.6 Å². The highest BCUT2D eigenvalue weighted by Gasteiger charge is 2.61. The first-order chi connectivity index (χ1) is 13.0. The van der Waals surface area contributed by atoms with Crippen molar-refractivity contribution in [1.29, 1.82) is 0 Å². The van der Waals surface area contributed by atoms with E-state index in [1.807, 2.05) is 30.1 Å². The Labute approximate surface area is 163 Å². The minimum atomic E-state index is -0.0519. The molecule has 2 amide bonds. The quantitative estimate of drug-likeness (QED) is 0.814. The molecule has 0 radical (unpaired) electrons. The van der Waals surface area contributed by atoms with Crippen molar-refractivity contribution in [3.05, 3.63) is 64.9 Å². The van der Waals surface area contributed by atoms with Crippen molar-refractivity contribution in [3.63, 3.8) is 0 Å². The predicted octanol–water partition coefficient (Wildman–Crippen LogP) is 3.25. The van der Waals surface area contributed by atoms with Gasteiger partial charge in [0.1, 0.15) is 0 Å². The summed E-state index contributed by atoms with van der Waals surface area (Å²) in [5.41, 5.74) is 1.44. The lowest BCUT2D eigenvalue weighted by Crippen LogP contribution is -2.32. The highest BCUT2D eigenvalue weighted by atomic mass is 35.5. The molecule has 1 aliphatic carbocycles. The van der Waals surface area contributed by atoms with Gasteiger partial charge in [0.25, 0.3) is 5.91 Å². The van der Waals surface area contributed by atoms with Crippen LogP contribution in [0.25, 0.3) is 0 Å². The van der Waals surface area contributed by atoms with Gasteiger partial charge in [0.15, 0.2) is 0 Å². The van der Waals surface area contributed by atoms with E-state index < -0.39 is 0 Å². The molecule has 6 heteroatoms. The maximum absolute atomic E-state index is 12.8. The topological polar surface area (TPSA) is 53.5 Å². The van der Waals surface area contributed by atoms with Crippen LogP contribution in [-0.4, -0.2) is 46.7 Å². The van der Waals surface area contributed by atoms with Crippen LogP contribution >= 0.6 is 11.6 Å². The van der Waals surface area contributed by atoms with Crippen molar-refractivity contribution in [2.45, 2.75) is 19.4 Å². The molecular weight excluding hydrogens is 362 g/mol. The number of halogens is 1. The maximum atomic E-state index is 12.8. The molecule has 2 fully saturated rings. The van der Waals surface area contributed by atoms with Crippen LogP contribution in [0.1, 0.15) is 28.9 Å². The summed E-state index contributed by atoms with van der Waals surface area (Å²) in [6, 6.07) is 12.8. The zero-order chi connectivity index (χ0) is 19.0. The Morgan fingerprint density at radius 3 is 2.89 bits per heavy atom. The minimum absolute atomic E-state index is 0.00312. The van der Waals surface area contributed by atoms with Crippen molar-refractivity contribution < 1.29 is 9.59 Å². The SMILES string of the molecule is CN(Cc1ccccn1)C(=O)[C@@H]1C[C@@]12CCN(C(=O)c1cccc(Cl)c1)C2. The molecular formula is C21H22ClN3O2. The van der Waals surface area contributed by atoms with E-state index >= 15 is 0 Å². The third kappa shape index (κ3) is 3.56. The molecule has 0 N–H and O–H groups in total. The Bertz CT molecular complexity index is 873. The third-order valence-corrected chi connectivity index (χ3v) is 5.97. The summed E-state index contributed by atoms with van der Waals surface area (Å²) >= 11 is 6.00. The number of nitrogens with zero attached hydrogens (tertiary/aromatic N) is 3. The summed E-state index contributed by atoms with van der Waals surface area (Å²) in [6.07, 6.45) is 3.48. The predicted molar refractivity (Wildman–Crippen MR) is 103 cm³/mol. The highest BCUT2D eigenvalue weighted by Crippen LogP contribution is 2.59. The molecule has 1 aliphatic heterocycles. The van der Waals surface area contributed by atoms with E-state index in [9.17, 15) is 9.59 Å². The summed E-state index contributed by atoms with van der Waals surface area (Å²) in [4.78, 5) is 33.5. The molecule has 0 bridgehead atoms. The Kier molecular flexibility index (Phi) is 4.64. The lowest BCUT2D eigenvalue weighted by Gasteiger charge is -2.19. The van der Waals surface area contributed by atoms with Crippen LogP contribution in [0.4, 0.5) is 0 Å². The number of hydrogen-bond acceptors (Lipinski definition) is 3. The zero-order valence-electron chi connectivity index (χ0n) is 15.3. The fourth-order valence-corrected chi connectivity index (χ4v) is 4.29. The summed E-state index contributed by atoms with van der Waals surface area (Å²) in [5.74, 6) is 0.149. The third-order valence-electron chi connectivity index (χ3n) is 5.73. The van der Waals surface area contributed by atoms with Crippen LogP contribution in [0.2, 0.25) is 5.02 Å². The second kappa shape index (κ2) is 6.97. The monoisotopic (exact) mass is 383 g/mol. The van der Waals surface area contributed by atoms with Gasteiger partial charge in [-0.25, -0.2) is 0 Å². The fourth-order valence-electron chi connectivity index (χ4n) is 4.10. The minimum Gasteiger partial charge on any atom is -0.340 e. The lowest BCUT2D eigenvalue weighted by molar-refractivity contribution is -0.132. The Morgan fingerprint density at radius 2 is 2.15 bits per heavy atom. The van der Waals surface area contributed by atoms with Crippen molar-refractivity contribution in [2.24, 2.45) is 11.3 Å². The average molecular weight is 384 g/mol. The second-order valence-corrected chi connectivity index (χ2v) is 8.06. The Balaban J connectivity index is 1.38. The average Bonchev–Trinajstić information content (AvgIpc) is 3.20. The van der Waals surface area contributed by atoms with E-state index in [4.69, 9.17) is 11.6 Å². The summed E-state index contributed by atoms with van der Waals surface area (Å²) in [7, 11) is 1.83. The lowest BCUT2D eigenvalue weighted by atomic mass is 10.0. The van der Waals surface area contributed by atoms with Crippen molar-refractivity contribution in [1.82, 2.24) is 14.8 Å². The first-order valence-corrected chi connectivity index (χ1v) is 9.56. The molecule has 5 nitrogen and oxygen atoms in total. The van der Waals surface area contributed by atoms with Gasteiger partial charge in [-0.15, -0.1) is 0 Å². The number of carbonyl (C=O) groups is 2. The number of pyridine rings is 1. The van der Waals surface area contributed by atoms with Gasteiger partial charge in [0.05, 0.1) is 12.2 Å². The molecule has 1 spiro atoms. The van der Waals surface area contributed by atoms with E-state index in [0.29, 0.717) is 30.2 Å². The molecule has 2 atom stereocenters. The first kappa shape index (κ1) is 18.0. The van der Waals surface area contributed by atoms with Crippen LogP contribution in [0.15, 0.2) is 48.7 Å². The van der Waals surface area contributed by atoms with Crippen molar-refractivity contribution >= 4 is 23.4 Å². The van der Waals surface area contributed by atoms with E-state index in [0.717, 1.165) is 18.5 Å². The maximum Gasteiger partial charge on any atom is 0.253 e. The number of aromatic nitrogens is 1. The van der Waals surface area contributed by atoms with E-state index in [-0.39, 0.29) is 23.1 Å². The Morgan fingerprint density at radius 1 is 1.30 bits per heavy atom. The normalized spacial score (nSPS) is 23.5. The molecule has 1 saturated carbocycles. The van der Waals surface area contributed by atoms with Gasteiger partial charge in [-0.05, 0) is 43.2 Å². The molecule has 2 aliphatic rings. The number of hydrogen-bond donors (Lipinski definition) is 0. The summed E-state index contributed by atoms with van der Waals surface area (Å²) in [6.45, 7) is 1.85. The second-order valence-electron chi connectivity index (χ2n) is 7.62. The largest absolute Gasteiger partial charge is 0.340 e. The van der Waals surface area contributed by atoms with E-state index in [2.05, 4.69) is 4.98 Å². The van der Waals surface area contributed by atoms with Gasteiger partial charge in [-0.1, -0.05) is 23.7 Å². The molecule has 1 aromatic heterocycles. The first-order valence-electron chi connectivity index (χ1n) is 9.18. The molecule has 1 aromatic carbocycles. The summed E-state index contributed by atoms with van der Waals surface area (Å²) in [5, 5.41) is 0.561. The molecule has 27 heavy (non-hydrogen) atoms. The molecule has 2 aromatic rings. The Hall–Kier alpha value is -2.40. The van der Waals surface area contributed by atoms with Crippen LogP contribution in [-0.2, 0) is 11.3 Å². The molecule has 140 valence electrons. The smallest absolute Gasteiger partial charge is 0.253 e. The van der Waals surface area contributed by atoms with Crippen molar-refractivity contribution in [3.8, 4) is 0 Å². The van der Waals surface area contributed by atoms with Crippen LogP contribution in [0, 0.1) is 11.3 Å².